The lowest BCUT2D eigenvalue weighted by Crippen LogP contribution is -2.43. The highest BCUT2D eigenvalue weighted by Gasteiger charge is 2.10. The number of hydrogen-bond donors (Lipinski definition) is 1. The third kappa shape index (κ3) is 2.74. The topological polar surface area (TPSA) is 28.2 Å². The Balaban J connectivity index is 1.80. The Labute approximate surface area is 112 Å². The standard InChI is InChI=1S/C15H16FN3/c16-15-6-3-13(11-18-15)12-1-4-14(5-2-12)19-9-7-17-8-10-19/h1-6,11,17H,7-10H2. The summed E-state index contributed by atoms with van der Waals surface area (Å²) in [6.45, 7) is 4.14. The van der Waals surface area contributed by atoms with Crippen molar-refractivity contribution in [1.82, 2.24) is 10.3 Å². The van der Waals surface area contributed by atoms with Crippen LogP contribution in [0.2, 0.25) is 0 Å². The minimum absolute atomic E-state index is 0.443. The molecule has 0 radical (unpaired) electrons. The second-order valence-electron chi connectivity index (χ2n) is 4.65. The van der Waals surface area contributed by atoms with Gasteiger partial charge in [-0.3, -0.25) is 0 Å². The van der Waals surface area contributed by atoms with E-state index < -0.39 is 5.95 Å². The molecule has 98 valence electrons. The van der Waals surface area contributed by atoms with Crippen molar-refractivity contribution in [3.8, 4) is 11.1 Å². The summed E-state index contributed by atoms with van der Waals surface area (Å²) >= 11 is 0. The molecule has 19 heavy (non-hydrogen) atoms. The van der Waals surface area contributed by atoms with Gasteiger partial charge in [0, 0.05) is 43.6 Å². The fourth-order valence-electron chi connectivity index (χ4n) is 2.33. The fraction of sp³-hybridized carbons (Fsp3) is 0.267. The molecule has 0 saturated carbocycles. The maximum absolute atomic E-state index is 12.8. The van der Waals surface area contributed by atoms with E-state index in [1.54, 1.807) is 12.3 Å². The van der Waals surface area contributed by atoms with E-state index >= 15 is 0 Å². The molecule has 0 aliphatic carbocycles. The van der Waals surface area contributed by atoms with Crippen molar-refractivity contribution in [2.45, 2.75) is 0 Å². The van der Waals surface area contributed by atoms with Crippen molar-refractivity contribution in [2.75, 3.05) is 31.1 Å². The van der Waals surface area contributed by atoms with Crippen LogP contribution in [0.25, 0.3) is 11.1 Å². The second-order valence-corrected chi connectivity index (χ2v) is 4.65. The van der Waals surface area contributed by atoms with E-state index in [9.17, 15) is 4.39 Å². The van der Waals surface area contributed by atoms with E-state index in [0.717, 1.165) is 37.3 Å². The molecular formula is C15H16FN3. The summed E-state index contributed by atoms with van der Waals surface area (Å²) < 4.78 is 12.8. The summed E-state index contributed by atoms with van der Waals surface area (Å²) in [4.78, 5) is 6.05. The van der Waals surface area contributed by atoms with Crippen LogP contribution in [0, 0.1) is 5.95 Å². The van der Waals surface area contributed by atoms with Crippen LogP contribution in [-0.4, -0.2) is 31.2 Å². The van der Waals surface area contributed by atoms with Crippen LogP contribution in [0.5, 0.6) is 0 Å². The van der Waals surface area contributed by atoms with Gasteiger partial charge < -0.3 is 10.2 Å². The molecule has 0 amide bonds. The highest BCUT2D eigenvalue weighted by atomic mass is 19.1. The number of nitrogens with one attached hydrogen (secondary N) is 1. The molecule has 1 saturated heterocycles. The second kappa shape index (κ2) is 5.36. The third-order valence-electron chi connectivity index (χ3n) is 3.41. The van der Waals surface area contributed by atoms with Crippen molar-refractivity contribution >= 4 is 5.69 Å². The summed E-state index contributed by atoms with van der Waals surface area (Å²) in [6.07, 6.45) is 1.56. The number of rotatable bonds is 2. The lowest BCUT2D eigenvalue weighted by atomic mass is 10.1. The number of hydrogen-bond acceptors (Lipinski definition) is 3. The van der Waals surface area contributed by atoms with Crippen LogP contribution in [-0.2, 0) is 0 Å². The highest BCUT2D eigenvalue weighted by molar-refractivity contribution is 5.65. The SMILES string of the molecule is Fc1ccc(-c2ccc(N3CCNCC3)cc2)cn1. The van der Waals surface area contributed by atoms with E-state index in [0.29, 0.717) is 0 Å². The van der Waals surface area contributed by atoms with Crippen molar-refractivity contribution in [1.29, 1.82) is 0 Å². The van der Waals surface area contributed by atoms with Crippen LogP contribution in [0.1, 0.15) is 0 Å². The van der Waals surface area contributed by atoms with E-state index in [-0.39, 0.29) is 0 Å². The van der Waals surface area contributed by atoms with Gasteiger partial charge in [0.25, 0.3) is 0 Å². The third-order valence-corrected chi connectivity index (χ3v) is 3.41. The Morgan fingerprint density at radius 1 is 0.947 bits per heavy atom. The van der Waals surface area contributed by atoms with Crippen molar-refractivity contribution < 1.29 is 4.39 Å². The number of anilines is 1. The average Bonchev–Trinajstić information content (AvgIpc) is 2.49. The highest BCUT2D eigenvalue weighted by Crippen LogP contribution is 2.22. The fourth-order valence-corrected chi connectivity index (χ4v) is 2.33. The lowest BCUT2D eigenvalue weighted by molar-refractivity contribution is 0.584. The van der Waals surface area contributed by atoms with Crippen LogP contribution in [0.4, 0.5) is 10.1 Å². The Morgan fingerprint density at radius 3 is 2.26 bits per heavy atom. The first-order chi connectivity index (χ1) is 9.33. The zero-order valence-corrected chi connectivity index (χ0v) is 10.6. The van der Waals surface area contributed by atoms with Gasteiger partial charge in [0.05, 0.1) is 0 Å². The molecule has 3 rings (SSSR count). The first-order valence-electron chi connectivity index (χ1n) is 6.50. The minimum Gasteiger partial charge on any atom is -0.369 e. The van der Waals surface area contributed by atoms with E-state index in [1.165, 1.54) is 11.8 Å². The number of nitrogens with zero attached hydrogens (tertiary/aromatic N) is 2. The molecule has 1 aromatic heterocycles. The predicted molar refractivity (Wildman–Crippen MR) is 74.7 cm³/mol. The summed E-state index contributed by atoms with van der Waals surface area (Å²) in [6, 6.07) is 11.5. The summed E-state index contributed by atoms with van der Waals surface area (Å²) in [7, 11) is 0. The number of pyridine rings is 1. The Morgan fingerprint density at radius 2 is 1.63 bits per heavy atom. The Hall–Kier alpha value is -1.94. The molecule has 1 aliphatic heterocycles. The average molecular weight is 257 g/mol. The first-order valence-corrected chi connectivity index (χ1v) is 6.50. The van der Waals surface area contributed by atoms with Crippen molar-refractivity contribution in [3.05, 3.63) is 48.5 Å². The van der Waals surface area contributed by atoms with Crippen molar-refractivity contribution in [2.24, 2.45) is 0 Å². The maximum atomic E-state index is 12.8. The molecule has 1 aliphatic rings. The van der Waals surface area contributed by atoms with Crippen LogP contribution < -0.4 is 10.2 Å². The molecule has 1 aromatic carbocycles. The zero-order valence-electron chi connectivity index (χ0n) is 10.6. The quantitative estimate of drug-likeness (QED) is 0.837. The minimum atomic E-state index is -0.443. The lowest BCUT2D eigenvalue weighted by Gasteiger charge is -2.29. The number of piperazine rings is 1. The van der Waals surface area contributed by atoms with Gasteiger partial charge in [-0.05, 0) is 29.8 Å². The normalized spacial score (nSPS) is 15.5. The number of benzene rings is 1. The van der Waals surface area contributed by atoms with Crippen LogP contribution >= 0.6 is 0 Å². The Bertz CT molecular complexity index is 530. The molecule has 2 aromatic rings. The number of halogens is 1. The Kier molecular flexibility index (Phi) is 3.42. The molecule has 0 unspecified atom stereocenters. The molecule has 4 heteroatoms. The molecule has 1 N–H and O–H groups in total. The molecule has 1 fully saturated rings. The van der Waals surface area contributed by atoms with Gasteiger partial charge >= 0.3 is 0 Å². The van der Waals surface area contributed by atoms with Gasteiger partial charge in [0.15, 0.2) is 0 Å². The summed E-state index contributed by atoms with van der Waals surface area (Å²) in [5.74, 6) is -0.443. The molecule has 2 heterocycles. The van der Waals surface area contributed by atoms with Gasteiger partial charge in [0.2, 0.25) is 5.95 Å². The van der Waals surface area contributed by atoms with E-state index in [1.807, 2.05) is 0 Å². The molecule has 0 bridgehead atoms. The van der Waals surface area contributed by atoms with Gasteiger partial charge in [-0.15, -0.1) is 0 Å². The van der Waals surface area contributed by atoms with Gasteiger partial charge in [-0.2, -0.15) is 4.39 Å². The largest absolute Gasteiger partial charge is 0.369 e. The number of aromatic nitrogens is 1. The molecule has 0 spiro atoms. The van der Waals surface area contributed by atoms with Crippen LogP contribution in [0.3, 0.4) is 0 Å². The van der Waals surface area contributed by atoms with Gasteiger partial charge in [0.1, 0.15) is 0 Å². The summed E-state index contributed by atoms with van der Waals surface area (Å²) in [5.41, 5.74) is 3.24. The monoisotopic (exact) mass is 257 g/mol. The van der Waals surface area contributed by atoms with Crippen LogP contribution in [0.15, 0.2) is 42.6 Å². The van der Waals surface area contributed by atoms with Gasteiger partial charge in [-0.1, -0.05) is 12.1 Å². The van der Waals surface area contributed by atoms with E-state index in [2.05, 4.69) is 39.5 Å². The van der Waals surface area contributed by atoms with E-state index in [4.69, 9.17) is 0 Å². The zero-order chi connectivity index (χ0) is 13.1. The predicted octanol–water partition coefficient (Wildman–Crippen LogP) is 2.30. The molecular weight excluding hydrogens is 241 g/mol. The molecule has 0 atom stereocenters. The molecule has 3 nitrogen and oxygen atoms in total. The summed E-state index contributed by atoms with van der Waals surface area (Å²) in [5, 5.41) is 3.34. The smallest absolute Gasteiger partial charge is 0.212 e. The first kappa shape index (κ1) is 12.1. The van der Waals surface area contributed by atoms with Gasteiger partial charge in [-0.25, -0.2) is 4.98 Å². The van der Waals surface area contributed by atoms with Crippen molar-refractivity contribution in [3.63, 3.8) is 0 Å². The maximum Gasteiger partial charge on any atom is 0.212 e.